The third kappa shape index (κ3) is 3.39. The van der Waals surface area contributed by atoms with E-state index >= 15 is 0 Å². The third-order valence-electron chi connectivity index (χ3n) is 3.04. The number of piperidine rings is 1. The molecule has 0 amide bonds. The normalized spacial score (nSPS) is 20.2. The molecule has 1 aliphatic rings. The molecule has 1 N–H and O–H groups in total. The standard InChI is InChI=1S/C12H19BrN4/c1-2-6-17(11-4-3-5-14-9-11)12-15-7-10(13)8-16-12/h7-8,11,14H,2-6,9H2,1H3. The molecule has 0 spiro atoms. The molecule has 0 bridgehead atoms. The Balaban J connectivity index is 2.12. The second-order valence-electron chi connectivity index (χ2n) is 4.39. The summed E-state index contributed by atoms with van der Waals surface area (Å²) in [6, 6.07) is 0.532. The van der Waals surface area contributed by atoms with Crippen LogP contribution in [-0.2, 0) is 0 Å². The van der Waals surface area contributed by atoms with Gasteiger partial charge in [-0.05, 0) is 41.7 Å². The SMILES string of the molecule is CCCN(c1ncc(Br)cn1)C1CCCNC1. The molecular formula is C12H19BrN4. The lowest BCUT2D eigenvalue weighted by Gasteiger charge is -2.34. The zero-order valence-electron chi connectivity index (χ0n) is 10.2. The van der Waals surface area contributed by atoms with Gasteiger partial charge in [-0.25, -0.2) is 9.97 Å². The quantitative estimate of drug-likeness (QED) is 0.925. The molecule has 2 rings (SSSR count). The Hall–Kier alpha value is -0.680. The first-order valence-corrected chi connectivity index (χ1v) is 7.05. The van der Waals surface area contributed by atoms with Crippen molar-refractivity contribution in [2.45, 2.75) is 32.2 Å². The van der Waals surface area contributed by atoms with Crippen molar-refractivity contribution >= 4 is 21.9 Å². The number of rotatable bonds is 4. The summed E-state index contributed by atoms with van der Waals surface area (Å²) in [4.78, 5) is 11.2. The van der Waals surface area contributed by atoms with Crippen LogP contribution in [0.25, 0.3) is 0 Å². The average molecular weight is 299 g/mol. The number of hydrogen-bond acceptors (Lipinski definition) is 4. The molecule has 1 fully saturated rings. The van der Waals surface area contributed by atoms with Crippen LogP contribution in [0.4, 0.5) is 5.95 Å². The minimum absolute atomic E-state index is 0.532. The number of nitrogens with one attached hydrogen (secondary N) is 1. The van der Waals surface area contributed by atoms with Gasteiger partial charge in [-0.3, -0.25) is 0 Å². The Morgan fingerprint density at radius 3 is 2.82 bits per heavy atom. The highest BCUT2D eigenvalue weighted by Crippen LogP contribution is 2.18. The topological polar surface area (TPSA) is 41.1 Å². The van der Waals surface area contributed by atoms with E-state index in [1.807, 2.05) is 12.4 Å². The Kier molecular flexibility index (Phi) is 4.74. The van der Waals surface area contributed by atoms with E-state index in [9.17, 15) is 0 Å². The number of anilines is 1. The zero-order valence-corrected chi connectivity index (χ0v) is 11.8. The van der Waals surface area contributed by atoms with E-state index in [-0.39, 0.29) is 0 Å². The van der Waals surface area contributed by atoms with E-state index in [0.717, 1.165) is 36.5 Å². The summed E-state index contributed by atoms with van der Waals surface area (Å²) >= 11 is 3.37. The molecule has 17 heavy (non-hydrogen) atoms. The largest absolute Gasteiger partial charge is 0.337 e. The van der Waals surface area contributed by atoms with Gasteiger partial charge in [0.05, 0.1) is 4.47 Å². The van der Waals surface area contributed by atoms with Crippen molar-refractivity contribution in [3.05, 3.63) is 16.9 Å². The molecule has 1 aromatic heterocycles. The lowest BCUT2D eigenvalue weighted by atomic mass is 10.1. The molecule has 1 unspecified atom stereocenters. The first-order valence-electron chi connectivity index (χ1n) is 6.26. The molecule has 1 aliphatic heterocycles. The summed E-state index contributed by atoms with van der Waals surface area (Å²) in [5, 5.41) is 3.45. The zero-order chi connectivity index (χ0) is 12.1. The molecule has 94 valence electrons. The lowest BCUT2D eigenvalue weighted by molar-refractivity contribution is 0.426. The second-order valence-corrected chi connectivity index (χ2v) is 5.31. The van der Waals surface area contributed by atoms with Crippen LogP contribution in [0.5, 0.6) is 0 Å². The van der Waals surface area contributed by atoms with Crippen molar-refractivity contribution in [3.63, 3.8) is 0 Å². The molecular weight excluding hydrogens is 280 g/mol. The summed E-state index contributed by atoms with van der Waals surface area (Å²) in [7, 11) is 0. The minimum Gasteiger partial charge on any atom is -0.337 e. The number of aromatic nitrogens is 2. The van der Waals surface area contributed by atoms with Gasteiger partial charge >= 0.3 is 0 Å². The molecule has 1 saturated heterocycles. The first kappa shape index (κ1) is 12.8. The van der Waals surface area contributed by atoms with Crippen molar-refractivity contribution in [2.24, 2.45) is 0 Å². The van der Waals surface area contributed by atoms with Crippen molar-refractivity contribution in [1.82, 2.24) is 15.3 Å². The van der Waals surface area contributed by atoms with Crippen LogP contribution in [-0.4, -0.2) is 35.6 Å². The van der Waals surface area contributed by atoms with Crippen LogP contribution in [0, 0.1) is 0 Å². The molecule has 0 saturated carbocycles. The van der Waals surface area contributed by atoms with Gasteiger partial charge in [0.2, 0.25) is 5.95 Å². The highest BCUT2D eigenvalue weighted by atomic mass is 79.9. The van der Waals surface area contributed by atoms with Crippen LogP contribution in [0.15, 0.2) is 16.9 Å². The summed E-state index contributed by atoms with van der Waals surface area (Å²) in [6.45, 7) is 5.40. The van der Waals surface area contributed by atoms with Crippen LogP contribution in [0.3, 0.4) is 0 Å². The molecule has 0 radical (unpaired) electrons. The van der Waals surface area contributed by atoms with Crippen molar-refractivity contribution in [1.29, 1.82) is 0 Å². The van der Waals surface area contributed by atoms with Gasteiger partial charge < -0.3 is 10.2 Å². The van der Waals surface area contributed by atoms with E-state index in [2.05, 4.69) is 43.0 Å². The van der Waals surface area contributed by atoms with Gasteiger partial charge in [0.15, 0.2) is 0 Å². The Morgan fingerprint density at radius 1 is 1.47 bits per heavy atom. The number of halogens is 1. The fourth-order valence-corrected chi connectivity index (χ4v) is 2.44. The van der Waals surface area contributed by atoms with Crippen LogP contribution >= 0.6 is 15.9 Å². The average Bonchev–Trinajstić information content (AvgIpc) is 2.38. The summed E-state index contributed by atoms with van der Waals surface area (Å²) in [6.07, 6.45) is 7.23. The lowest BCUT2D eigenvalue weighted by Crippen LogP contribution is -2.47. The van der Waals surface area contributed by atoms with E-state index in [1.165, 1.54) is 12.8 Å². The van der Waals surface area contributed by atoms with Crippen molar-refractivity contribution in [3.8, 4) is 0 Å². The van der Waals surface area contributed by atoms with Gasteiger partial charge in [0.25, 0.3) is 0 Å². The van der Waals surface area contributed by atoms with Crippen molar-refractivity contribution < 1.29 is 0 Å². The highest BCUT2D eigenvalue weighted by Gasteiger charge is 2.22. The third-order valence-corrected chi connectivity index (χ3v) is 3.45. The smallest absolute Gasteiger partial charge is 0.225 e. The minimum atomic E-state index is 0.532. The first-order chi connectivity index (χ1) is 8.31. The Bertz CT molecular complexity index is 335. The van der Waals surface area contributed by atoms with E-state index in [4.69, 9.17) is 0 Å². The van der Waals surface area contributed by atoms with E-state index in [0.29, 0.717) is 6.04 Å². The molecule has 1 atom stereocenters. The predicted octanol–water partition coefficient (Wildman–Crippen LogP) is 2.21. The number of hydrogen-bond donors (Lipinski definition) is 1. The fourth-order valence-electron chi connectivity index (χ4n) is 2.24. The maximum atomic E-state index is 4.41. The molecule has 0 aliphatic carbocycles. The maximum absolute atomic E-state index is 4.41. The Morgan fingerprint density at radius 2 is 2.24 bits per heavy atom. The van der Waals surface area contributed by atoms with Gasteiger partial charge in [0.1, 0.15) is 0 Å². The van der Waals surface area contributed by atoms with Crippen LogP contribution in [0.2, 0.25) is 0 Å². The summed E-state index contributed by atoms with van der Waals surface area (Å²) < 4.78 is 0.930. The summed E-state index contributed by atoms with van der Waals surface area (Å²) in [5.41, 5.74) is 0. The van der Waals surface area contributed by atoms with Gasteiger partial charge in [0, 0.05) is 31.5 Å². The molecule has 2 heterocycles. The Labute approximate surface area is 111 Å². The number of nitrogens with zero attached hydrogens (tertiary/aromatic N) is 3. The maximum Gasteiger partial charge on any atom is 0.225 e. The molecule has 5 heteroatoms. The second kappa shape index (κ2) is 6.31. The predicted molar refractivity (Wildman–Crippen MR) is 73.3 cm³/mol. The van der Waals surface area contributed by atoms with Gasteiger partial charge in [-0.1, -0.05) is 6.92 Å². The highest BCUT2D eigenvalue weighted by molar-refractivity contribution is 9.10. The molecule has 0 aromatic carbocycles. The van der Waals surface area contributed by atoms with Crippen molar-refractivity contribution in [2.75, 3.05) is 24.5 Å². The molecule has 1 aromatic rings. The van der Waals surface area contributed by atoms with Crippen LogP contribution in [0.1, 0.15) is 26.2 Å². The monoisotopic (exact) mass is 298 g/mol. The van der Waals surface area contributed by atoms with Gasteiger partial charge in [-0.15, -0.1) is 0 Å². The fraction of sp³-hybridized carbons (Fsp3) is 0.667. The van der Waals surface area contributed by atoms with Crippen LogP contribution < -0.4 is 10.2 Å². The van der Waals surface area contributed by atoms with E-state index < -0.39 is 0 Å². The summed E-state index contributed by atoms with van der Waals surface area (Å²) in [5.74, 6) is 0.851. The molecule has 4 nitrogen and oxygen atoms in total. The van der Waals surface area contributed by atoms with E-state index in [1.54, 1.807) is 0 Å². The van der Waals surface area contributed by atoms with Gasteiger partial charge in [-0.2, -0.15) is 0 Å².